The third kappa shape index (κ3) is 5.42. The normalized spacial score (nSPS) is 25.8. The van der Waals surface area contributed by atoms with E-state index >= 15 is 0 Å². The molecular formula is C14H27NO2. The van der Waals surface area contributed by atoms with Crippen LogP contribution in [0.1, 0.15) is 60.3 Å². The number of alkyl carbamates (subject to hydrolysis) is 1. The van der Waals surface area contributed by atoms with Gasteiger partial charge in [-0.05, 0) is 58.3 Å². The SMILES string of the molecule is CC(C)[C@H]1CC[C@H](NC(=O)OC(C)(C)C)CC1. The molecule has 100 valence electrons. The molecule has 1 amide bonds. The van der Waals surface area contributed by atoms with Gasteiger partial charge in [-0.25, -0.2) is 4.79 Å². The van der Waals surface area contributed by atoms with E-state index in [1.807, 2.05) is 20.8 Å². The van der Waals surface area contributed by atoms with Gasteiger partial charge in [0.2, 0.25) is 0 Å². The molecule has 0 aromatic heterocycles. The zero-order valence-corrected chi connectivity index (χ0v) is 11.9. The van der Waals surface area contributed by atoms with E-state index in [1.54, 1.807) is 0 Å². The standard InChI is InChI=1S/C14H27NO2/c1-10(2)11-6-8-12(9-7-11)15-13(16)17-14(3,4)5/h10-12H,6-9H2,1-5H3,(H,15,16)/t11-,12-. The molecule has 1 N–H and O–H groups in total. The van der Waals surface area contributed by atoms with E-state index < -0.39 is 5.60 Å². The third-order valence-corrected chi connectivity index (χ3v) is 3.44. The van der Waals surface area contributed by atoms with Crippen LogP contribution in [-0.4, -0.2) is 17.7 Å². The highest BCUT2D eigenvalue weighted by Crippen LogP contribution is 2.29. The number of carbonyl (C=O) groups is 1. The predicted molar refractivity (Wildman–Crippen MR) is 70.0 cm³/mol. The number of hydrogen-bond acceptors (Lipinski definition) is 2. The van der Waals surface area contributed by atoms with Crippen molar-refractivity contribution in [2.24, 2.45) is 11.8 Å². The number of hydrogen-bond donors (Lipinski definition) is 1. The van der Waals surface area contributed by atoms with E-state index in [1.165, 1.54) is 12.8 Å². The van der Waals surface area contributed by atoms with Crippen LogP contribution in [0.15, 0.2) is 0 Å². The van der Waals surface area contributed by atoms with E-state index in [9.17, 15) is 4.79 Å². The summed E-state index contributed by atoms with van der Waals surface area (Å²) in [6.45, 7) is 10.2. The van der Waals surface area contributed by atoms with E-state index in [0.29, 0.717) is 6.04 Å². The lowest BCUT2D eigenvalue weighted by atomic mass is 9.80. The highest BCUT2D eigenvalue weighted by Gasteiger charge is 2.25. The second-order valence-electron chi connectivity index (χ2n) is 6.50. The first kappa shape index (κ1) is 14.3. The van der Waals surface area contributed by atoms with Gasteiger partial charge >= 0.3 is 6.09 Å². The second-order valence-corrected chi connectivity index (χ2v) is 6.50. The average molecular weight is 241 g/mol. The van der Waals surface area contributed by atoms with E-state index in [4.69, 9.17) is 4.74 Å². The van der Waals surface area contributed by atoms with Gasteiger partial charge in [-0.1, -0.05) is 13.8 Å². The zero-order chi connectivity index (χ0) is 13.1. The second kappa shape index (κ2) is 5.74. The summed E-state index contributed by atoms with van der Waals surface area (Å²) in [5, 5.41) is 2.97. The van der Waals surface area contributed by atoms with Crippen LogP contribution < -0.4 is 5.32 Å². The quantitative estimate of drug-likeness (QED) is 0.800. The van der Waals surface area contributed by atoms with Crippen LogP contribution >= 0.6 is 0 Å². The molecular weight excluding hydrogens is 214 g/mol. The van der Waals surface area contributed by atoms with Crippen LogP contribution in [-0.2, 0) is 4.74 Å². The minimum Gasteiger partial charge on any atom is -0.444 e. The zero-order valence-electron chi connectivity index (χ0n) is 11.9. The lowest BCUT2D eigenvalue weighted by Crippen LogP contribution is -2.41. The summed E-state index contributed by atoms with van der Waals surface area (Å²) in [6.07, 6.45) is 4.34. The molecule has 0 atom stereocenters. The van der Waals surface area contributed by atoms with Crippen LogP contribution in [0, 0.1) is 11.8 Å². The molecule has 0 radical (unpaired) electrons. The number of nitrogens with one attached hydrogen (secondary N) is 1. The van der Waals surface area contributed by atoms with Gasteiger partial charge in [0.1, 0.15) is 5.60 Å². The summed E-state index contributed by atoms with van der Waals surface area (Å²) in [4.78, 5) is 11.6. The summed E-state index contributed by atoms with van der Waals surface area (Å²) >= 11 is 0. The summed E-state index contributed by atoms with van der Waals surface area (Å²) < 4.78 is 5.26. The lowest BCUT2D eigenvalue weighted by molar-refractivity contribution is 0.0484. The van der Waals surface area contributed by atoms with Crippen molar-refractivity contribution < 1.29 is 9.53 Å². The molecule has 17 heavy (non-hydrogen) atoms. The first-order chi connectivity index (χ1) is 7.78. The summed E-state index contributed by atoms with van der Waals surface area (Å²) in [7, 11) is 0. The number of carbonyl (C=O) groups excluding carboxylic acids is 1. The van der Waals surface area contributed by atoms with Crippen LogP contribution in [0.3, 0.4) is 0 Å². The fraction of sp³-hybridized carbons (Fsp3) is 0.929. The first-order valence-electron chi connectivity index (χ1n) is 6.77. The molecule has 0 unspecified atom stereocenters. The lowest BCUT2D eigenvalue weighted by Gasteiger charge is -2.31. The molecule has 0 aliphatic heterocycles. The fourth-order valence-electron chi connectivity index (χ4n) is 2.40. The molecule has 3 heteroatoms. The Balaban J connectivity index is 2.29. The molecule has 1 fully saturated rings. The average Bonchev–Trinajstić information content (AvgIpc) is 2.15. The molecule has 0 aromatic carbocycles. The Labute approximate surface area is 105 Å². The summed E-state index contributed by atoms with van der Waals surface area (Å²) in [5.41, 5.74) is -0.404. The Hall–Kier alpha value is -0.730. The highest BCUT2D eigenvalue weighted by atomic mass is 16.6. The molecule has 0 heterocycles. The molecule has 0 spiro atoms. The van der Waals surface area contributed by atoms with Crippen molar-refractivity contribution in [2.45, 2.75) is 71.9 Å². The maximum atomic E-state index is 11.6. The predicted octanol–water partition coefficient (Wildman–Crippen LogP) is 3.73. The minimum absolute atomic E-state index is 0.273. The molecule has 1 saturated carbocycles. The first-order valence-corrected chi connectivity index (χ1v) is 6.77. The van der Waals surface area contributed by atoms with Crippen molar-refractivity contribution in [3.63, 3.8) is 0 Å². The van der Waals surface area contributed by atoms with Gasteiger partial charge < -0.3 is 10.1 Å². The van der Waals surface area contributed by atoms with Gasteiger partial charge in [0.05, 0.1) is 0 Å². The third-order valence-electron chi connectivity index (χ3n) is 3.44. The van der Waals surface area contributed by atoms with Gasteiger partial charge in [0, 0.05) is 6.04 Å². The molecule has 0 aromatic rings. The molecule has 1 aliphatic rings. The Kier molecular flexibility index (Phi) is 4.84. The van der Waals surface area contributed by atoms with Gasteiger partial charge in [0.15, 0.2) is 0 Å². The number of amides is 1. The van der Waals surface area contributed by atoms with Crippen molar-refractivity contribution >= 4 is 6.09 Å². The van der Waals surface area contributed by atoms with Crippen molar-refractivity contribution in [3.05, 3.63) is 0 Å². The minimum atomic E-state index is -0.404. The van der Waals surface area contributed by atoms with Gasteiger partial charge in [-0.2, -0.15) is 0 Å². The molecule has 3 nitrogen and oxygen atoms in total. The summed E-state index contributed by atoms with van der Waals surface area (Å²) in [6, 6.07) is 0.305. The van der Waals surface area contributed by atoms with Crippen molar-refractivity contribution in [2.75, 3.05) is 0 Å². The maximum Gasteiger partial charge on any atom is 0.407 e. The summed E-state index contributed by atoms with van der Waals surface area (Å²) in [5.74, 6) is 1.59. The molecule has 0 saturated heterocycles. The van der Waals surface area contributed by atoms with E-state index in [0.717, 1.165) is 24.7 Å². The van der Waals surface area contributed by atoms with Crippen LogP contribution in [0.5, 0.6) is 0 Å². The van der Waals surface area contributed by atoms with Crippen molar-refractivity contribution in [3.8, 4) is 0 Å². The molecule has 1 aliphatic carbocycles. The van der Waals surface area contributed by atoms with Crippen molar-refractivity contribution in [1.82, 2.24) is 5.32 Å². The molecule has 0 bridgehead atoms. The van der Waals surface area contributed by atoms with Crippen LogP contribution in [0.4, 0.5) is 4.79 Å². The topological polar surface area (TPSA) is 38.3 Å². The Morgan fingerprint density at radius 3 is 2.12 bits per heavy atom. The Morgan fingerprint density at radius 1 is 1.18 bits per heavy atom. The van der Waals surface area contributed by atoms with Gasteiger partial charge in [-0.3, -0.25) is 0 Å². The Bertz CT molecular complexity index is 247. The van der Waals surface area contributed by atoms with E-state index in [2.05, 4.69) is 19.2 Å². The highest BCUT2D eigenvalue weighted by molar-refractivity contribution is 5.68. The Morgan fingerprint density at radius 2 is 1.71 bits per heavy atom. The van der Waals surface area contributed by atoms with Crippen LogP contribution in [0.2, 0.25) is 0 Å². The number of ether oxygens (including phenoxy) is 1. The van der Waals surface area contributed by atoms with Gasteiger partial charge in [-0.15, -0.1) is 0 Å². The maximum absolute atomic E-state index is 11.6. The van der Waals surface area contributed by atoms with Crippen molar-refractivity contribution in [1.29, 1.82) is 0 Å². The molecule has 1 rings (SSSR count). The largest absolute Gasteiger partial charge is 0.444 e. The fourth-order valence-corrected chi connectivity index (χ4v) is 2.40. The smallest absolute Gasteiger partial charge is 0.407 e. The van der Waals surface area contributed by atoms with E-state index in [-0.39, 0.29) is 6.09 Å². The monoisotopic (exact) mass is 241 g/mol. The van der Waals surface area contributed by atoms with Crippen LogP contribution in [0.25, 0.3) is 0 Å². The van der Waals surface area contributed by atoms with Gasteiger partial charge in [0.25, 0.3) is 0 Å². The number of rotatable bonds is 2.